The molecule has 0 saturated heterocycles. The molecule has 0 aliphatic heterocycles. The third-order valence-electron chi connectivity index (χ3n) is 2.64. The first-order valence-electron chi connectivity index (χ1n) is 6.23. The highest BCUT2D eigenvalue weighted by atomic mass is 35.5. The van der Waals surface area contributed by atoms with Gasteiger partial charge in [-0.25, -0.2) is 0 Å². The van der Waals surface area contributed by atoms with Crippen LogP contribution in [0.15, 0.2) is 24.5 Å². The zero-order valence-electron chi connectivity index (χ0n) is 11.7. The van der Waals surface area contributed by atoms with Gasteiger partial charge < -0.3 is 16.4 Å². The van der Waals surface area contributed by atoms with Gasteiger partial charge in [-0.15, -0.1) is 12.4 Å². The molecule has 0 aliphatic rings. The molecule has 7 heteroatoms. The van der Waals surface area contributed by atoms with E-state index in [2.05, 4.69) is 15.6 Å². The van der Waals surface area contributed by atoms with Gasteiger partial charge in [0, 0.05) is 6.20 Å². The summed E-state index contributed by atoms with van der Waals surface area (Å²) in [7, 11) is 0. The molecule has 0 saturated carbocycles. The van der Waals surface area contributed by atoms with Gasteiger partial charge in [0.1, 0.15) is 0 Å². The zero-order valence-corrected chi connectivity index (χ0v) is 12.5. The number of hydrogen-bond donors (Lipinski definition) is 3. The lowest BCUT2D eigenvalue weighted by Crippen LogP contribution is -2.52. The number of nitrogens with one attached hydrogen (secondary N) is 2. The van der Waals surface area contributed by atoms with Crippen molar-refractivity contribution < 1.29 is 9.59 Å². The molecule has 0 radical (unpaired) electrons. The second-order valence-corrected chi connectivity index (χ2v) is 4.64. The Morgan fingerprint density at radius 1 is 1.45 bits per heavy atom. The third kappa shape index (κ3) is 5.99. The summed E-state index contributed by atoms with van der Waals surface area (Å²) in [6.45, 7) is 3.50. The van der Waals surface area contributed by atoms with E-state index in [9.17, 15) is 9.59 Å². The van der Waals surface area contributed by atoms with Gasteiger partial charge in [-0.3, -0.25) is 14.6 Å². The van der Waals surface area contributed by atoms with Crippen LogP contribution in [0.25, 0.3) is 0 Å². The van der Waals surface area contributed by atoms with Gasteiger partial charge in [-0.1, -0.05) is 13.3 Å². The molecular formula is C13H21ClN4O2. The number of anilines is 1. The van der Waals surface area contributed by atoms with Crippen LogP contribution < -0.4 is 16.4 Å². The summed E-state index contributed by atoms with van der Waals surface area (Å²) in [5, 5.41) is 5.16. The van der Waals surface area contributed by atoms with Gasteiger partial charge in [0.05, 0.1) is 24.0 Å². The van der Waals surface area contributed by atoms with Crippen molar-refractivity contribution in [3.8, 4) is 0 Å². The molecule has 1 atom stereocenters. The molecule has 0 aromatic carbocycles. The number of rotatable bonds is 6. The second-order valence-electron chi connectivity index (χ2n) is 4.64. The van der Waals surface area contributed by atoms with E-state index in [1.54, 1.807) is 25.3 Å². The summed E-state index contributed by atoms with van der Waals surface area (Å²) in [5.41, 5.74) is 5.50. The lowest BCUT2D eigenvalue weighted by Gasteiger charge is -2.22. The van der Waals surface area contributed by atoms with E-state index < -0.39 is 5.54 Å². The average Bonchev–Trinajstić information content (AvgIpc) is 2.37. The van der Waals surface area contributed by atoms with E-state index in [-0.39, 0.29) is 30.8 Å². The maximum absolute atomic E-state index is 11.8. The van der Waals surface area contributed by atoms with Gasteiger partial charge in [0.15, 0.2) is 0 Å². The molecule has 0 bridgehead atoms. The van der Waals surface area contributed by atoms with Crippen LogP contribution >= 0.6 is 12.4 Å². The Morgan fingerprint density at radius 2 is 2.15 bits per heavy atom. The summed E-state index contributed by atoms with van der Waals surface area (Å²) >= 11 is 0. The third-order valence-corrected chi connectivity index (χ3v) is 2.64. The Hall–Kier alpha value is -1.66. The standard InChI is InChI=1S/C13H20N4O2.ClH/c1-3-6-13(2,14)12(19)16-9-11(18)17-10-5-4-7-15-8-10;/h4-5,7-8H,3,6,9,14H2,1-2H3,(H,16,19)(H,17,18);1H. The van der Waals surface area contributed by atoms with Crippen molar-refractivity contribution in [3.05, 3.63) is 24.5 Å². The molecular weight excluding hydrogens is 280 g/mol. The summed E-state index contributed by atoms with van der Waals surface area (Å²) in [6, 6.07) is 3.43. The highest BCUT2D eigenvalue weighted by Crippen LogP contribution is 2.08. The summed E-state index contributed by atoms with van der Waals surface area (Å²) < 4.78 is 0. The van der Waals surface area contributed by atoms with E-state index in [1.165, 1.54) is 6.20 Å². The van der Waals surface area contributed by atoms with Crippen LogP contribution in [-0.4, -0.2) is 28.9 Å². The minimum atomic E-state index is -0.941. The molecule has 2 amide bonds. The van der Waals surface area contributed by atoms with Gasteiger partial charge >= 0.3 is 0 Å². The van der Waals surface area contributed by atoms with Gasteiger partial charge in [-0.2, -0.15) is 0 Å². The Kier molecular flexibility index (Phi) is 7.79. The van der Waals surface area contributed by atoms with Crippen molar-refractivity contribution in [2.75, 3.05) is 11.9 Å². The smallest absolute Gasteiger partial charge is 0.243 e. The SMILES string of the molecule is CCCC(C)(N)C(=O)NCC(=O)Nc1cccnc1.Cl. The van der Waals surface area contributed by atoms with E-state index in [0.717, 1.165) is 6.42 Å². The lowest BCUT2D eigenvalue weighted by atomic mass is 9.96. The monoisotopic (exact) mass is 300 g/mol. The number of carbonyl (C=O) groups is 2. The van der Waals surface area contributed by atoms with Gasteiger partial charge in [0.25, 0.3) is 0 Å². The Labute approximate surface area is 124 Å². The fourth-order valence-electron chi connectivity index (χ4n) is 1.64. The molecule has 1 aromatic heterocycles. The van der Waals surface area contributed by atoms with Crippen LogP contribution in [0.2, 0.25) is 0 Å². The molecule has 0 aliphatic carbocycles. The van der Waals surface area contributed by atoms with Crippen LogP contribution in [-0.2, 0) is 9.59 Å². The van der Waals surface area contributed by atoms with Crippen molar-refractivity contribution >= 4 is 29.9 Å². The predicted molar refractivity (Wildman–Crippen MR) is 80.6 cm³/mol. The molecule has 1 aromatic rings. The topological polar surface area (TPSA) is 97.1 Å². The number of aromatic nitrogens is 1. The highest BCUT2D eigenvalue weighted by Gasteiger charge is 2.27. The van der Waals surface area contributed by atoms with Gasteiger partial charge in [-0.05, 0) is 25.5 Å². The number of hydrogen-bond acceptors (Lipinski definition) is 4. The number of pyridine rings is 1. The largest absolute Gasteiger partial charge is 0.345 e. The van der Waals surface area contributed by atoms with Crippen molar-refractivity contribution in [2.24, 2.45) is 5.73 Å². The Morgan fingerprint density at radius 3 is 2.70 bits per heavy atom. The summed E-state index contributed by atoms with van der Waals surface area (Å²) in [4.78, 5) is 27.3. The van der Waals surface area contributed by atoms with Gasteiger partial charge in [0.2, 0.25) is 11.8 Å². The van der Waals surface area contributed by atoms with Crippen molar-refractivity contribution in [1.29, 1.82) is 0 Å². The molecule has 0 fully saturated rings. The van der Waals surface area contributed by atoms with Crippen LogP contribution in [0.1, 0.15) is 26.7 Å². The first-order valence-corrected chi connectivity index (χ1v) is 6.23. The molecule has 20 heavy (non-hydrogen) atoms. The number of nitrogens with two attached hydrogens (primary N) is 1. The van der Waals surface area contributed by atoms with Crippen molar-refractivity contribution in [3.63, 3.8) is 0 Å². The zero-order chi connectivity index (χ0) is 14.3. The number of nitrogens with zero attached hydrogens (tertiary/aromatic N) is 1. The molecule has 1 unspecified atom stereocenters. The predicted octanol–water partition coefficient (Wildman–Crippen LogP) is 1.08. The van der Waals surface area contributed by atoms with Crippen LogP contribution in [0.4, 0.5) is 5.69 Å². The van der Waals surface area contributed by atoms with Crippen LogP contribution in [0.5, 0.6) is 0 Å². The van der Waals surface area contributed by atoms with Crippen molar-refractivity contribution in [2.45, 2.75) is 32.2 Å². The quantitative estimate of drug-likeness (QED) is 0.732. The number of amides is 2. The molecule has 112 valence electrons. The molecule has 1 rings (SSSR count). The van der Waals surface area contributed by atoms with E-state index >= 15 is 0 Å². The minimum absolute atomic E-state index is 0. The van der Waals surface area contributed by atoms with E-state index in [4.69, 9.17) is 5.73 Å². The summed E-state index contributed by atoms with van der Waals surface area (Å²) in [6.07, 6.45) is 4.53. The van der Waals surface area contributed by atoms with Crippen LogP contribution in [0, 0.1) is 0 Å². The molecule has 4 N–H and O–H groups in total. The summed E-state index contributed by atoms with van der Waals surface area (Å²) in [5.74, 6) is -0.635. The lowest BCUT2D eigenvalue weighted by molar-refractivity contribution is -0.128. The van der Waals surface area contributed by atoms with E-state index in [0.29, 0.717) is 12.1 Å². The van der Waals surface area contributed by atoms with Crippen molar-refractivity contribution in [1.82, 2.24) is 10.3 Å². The number of halogens is 1. The molecule has 6 nitrogen and oxygen atoms in total. The first-order chi connectivity index (χ1) is 8.95. The maximum atomic E-state index is 11.8. The highest BCUT2D eigenvalue weighted by molar-refractivity contribution is 5.95. The minimum Gasteiger partial charge on any atom is -0.345 e. The molecule has 0 spiro atoms. The van der Waals surface area contributed by atoms with Crippen LogP contribution in [0.3, 0.4) is 0 Å². The Balaban J connectivity index is 0.00000361. The normalized spacial score (nSPS) is 12.8. The maximum Gasteiger partial charge on any atom is 0.243 e. The Bertz CT molecular complexity index is 437. The fourth-order valence-corrected chi connectivity index (χ4v) is 1.64. The second kappa shape index (κ2) is 8.50. The molecule has 1 heterocycles. The van der Waals surface area contributed by atoms with E-state index in [1.807, 2.05) is 6.92 Å². The first kappa shape index (κ1) is 18.3. The number of carbonyl (C=O) groups excluding carboxylic acids is 2. The fraction of sp³-hybridized carbons (Fsp3) is 0.462. The average molecular weight is 301 g/mol.